The molecule has 106 valence electrons. The van der Waals surface area contributed by atoms with Crippen molar-refractivity contribution < 1.29 is 9.90 Å². The van der Waals surface area contributed by atoms with E-state index < -0.39 is 5.60 Å². The molecule has 0 bridgehead atoms. The van der Waals surface area contributed by atoms with Crippen molar-refractivity contribution in [2.24, 2.45) is 7.05 Å². The van der Waals surface area contributed by atoms with Crippen molar-refractivity contribution in [3.63, 3.8) is 0 Å². The highest BCUT2D eigenvalue weighted by atomic mass is 16.3. The number of rotatable bonds is 4. The van der Waals surface area contributed by atoms with Gasteiger partial charge in [0.25, 0.3) is 0 Å². The molecule has 0 saturated heterocycles. The highest BCUT2D eigenvalue weighted by Crippen LogP contribution is 2.24. The van der Waals surface area contributed by atoms with Gasteiger partial charge >= 0.3 is 0 Å². The van der Waals surface area contributed by atoms with Crippen molar-refractivity contribution in [3.05, 3.63) is 47.7 Å². The Hall–Kier alpha value is -2.14. The average molecular weight is 273 g/mol. The predicted octanol–water partition coefficient (Wildman–Crippen LogP) is 1.96. The van der Waals surface area contributed by atoms with E-state index in [0.29, 0.717) is 5.82 Å². The molecular weight excluding hydrogens is 254 g/mol. The van der Waals surface area contributed by atoms with Crippen LogP contribution in [0.15, 0.2) is 36.4 Å². The summed E-state index contributed by atoms with van der Waals surface area (Å²) >= 11 is 0. The Labute approximate surface area is 118 Å². The predicted molar refractivity (Wildman–Crippen MR) is 77.2 cm³/mol. The maximum Gasteiger partial charge on any atom is 0.228 e. The summed E-state index contributed by atoms with van der Waals surface area (Å²) in [6.45, 7) is 3.49. The largest absolute Gasteiger partial charge is 0.385 e. The zero-order valence-electron chi connectivity index (χ0n) is 11.9. The molecule has 2 rings (SSSR count). The second kappa shape index (κ2) is 5.46. The van der Waals surface area contributed by atoms with Crippen molar-refractivity contribution >= 4 is 11.7 Å². The summed E-state index contributed by atoms with van der Waals surface area (Å²) in [7, 11) is 1.76. The van der Waals surface area contributed by atoms with E-state index in [1.54, 1.807) is 24.7 Å². The Kier molecular flexibility index (Phi) is 3.90. The number of hydrogen-bond donors (Lipinski definition) is 2. The fraction of sp³-hybridized carbons (Fsp3) is 0.333. The van der Waals surface area contributed by atoms with E-state index in [4.69, 9.17) is 0 Å². The van der Waals surface area contributed by atoms with Crippen molar-refractivity contribution in [2.75, 3.05) is 5.32 Å². The first-order valence-electron chi connectivity index (χ1n) is 6.47. The molecule has 0 spiro atoms. The lowest BCUT2D eigenvalue weighted by Crippen LogP contribution is -2.28. The van der Waals surface area contributed by atoms with E-state index in [1.807, 2.05) is 37.3 Å². The molecule has 2 N–H and O–H groups in total. The summed E-state index contributed by atoms with van der Waals surface area (Å²) in [6.07, 6.45) is -0.0127. The van der Waals surface area contributed by atoms with Gasteiger partial charge in [0, 0.05) is 13.1 Å². The maximum absolute atomic E-state index is 12.1. The van der Waals surface area contributed by atoms with Crippen LogP contribution in [0.1, 0.15) is 24.6 Å². The van der Waals surface area contributed by atoms with Crippen molar-refractivity contribution in [1.82, 2.24) is 9.78 Å². The molecule has 0 aliphatic heterocycles. The number of amides is 1. The van der Waals surface area contributed by atoms with E-state index in [9.17, 15) is 9.90 Å². The van der Waals surface area contributed by atoms with Crippen LogP contribution in [0.2, 0.25) is 0 Å². The van der Waals surface area contributed by atoms with Gasteiger partial charge in [0.2, 0.25) is 5.91 Å². The highest BCUT2D eigenvalue weighted by molar-refractivity contribution is 5.90. The summed E-state index contributed by atoms with van der Waals surface area (Å²) in [5.41, 5.74) is 0.355. The average Bonchev–Trinajstić information content (AvgIpc) is 2.68. The van der Waals surface area contributed by atoms with Crippen LogP contribution in [-0.2, 0) is 17.4 Å². The molecule has 0 aliphatic rings. The van der Waals surface area contributed by atoms with Gasteiger partial charge in [0.05, 0.1) is 17.7 Å². The van der Waals surface area contributed by atoms with Crippen LogP contribution >= 0.6 is 0 Å². The Morgan fingerprint density at radius 3 is 2.60 bits per heavy atom. The van der Waals surface area contributed by atoms with Gasteiger partial charge in [0.1, 0.15) is 5.82 Å². The van der Waals surface area contributed by atoms with Gasteiger partial charge in [0.15, 0.2) is 0 Å². The molecule has 0 aliphatic carbocycles. The molecular formula is C15H19N3O2. The number of aryl methyl sites for hydroxylation is 2. The van der Waals surface area contributed by atoms with Gasteiger partial charge in [-0.2, -0.15) is 5.10 Å². The number of benzene rings is 1. The Morgan fingerprint density at radius 1 is 1.40 bits per heavy atom. The van der Waals surface area contributed by atoms with Crippen LogP contribution < -0.4 is 5.32 Å². The van der Waals surface area contributed by atoms with E-state index in [0.717, 1.165) is 11.3 Å². The third kappa shape index (κ3) is 3.24. The number of anilines is 1. The van der Waals surface area contributed by atoms with Crippen LogP contribution in [0.4, 0.5) is 5.82 Å². The number of nitrogens with zero attached hydrogens (tertiary/aromatic N) is 2. The smallest absolute Gasteiger partial charge is 0.228 e. The molecule has 20 heavy (non-hydrogen) atoms. The summed E-state index contributed by atoms with van der Waals surface area (Å²) < 4.78 is 1.60. The van der Waals surface area contributed by atoms with Crippen LogP contribution in [0.5, 0.6) is 0 Å². The lowest BCUT2D eigenvalue weighted by molar-refractivity contribution is -0.120. The van der Waals surface area contributed by atoms with Gasteiger partial charge in [-0.05, 0) is 19.4 Å². The molecule has 1 aromatic carbocycles. The summed E-state index contributed by atoms with van der Waals surface area (Å²) in [5, 5.41) is 17.3. The Morgan fingerprint density at radius 2 is 2.05 bits per heavy atom. The second-order valence-electron chi connectivity index (χ2n) is 5.16. The van der Waals surface area contributed by atoms with Crippen LogP contribution in [0.25, 0.3) is 0 Å². The quantitative estimate of drug-likeness (QED) is 0.895. The van der Waals surface area contributed by atoms with Crippen LogP contribution in [0.3, 0.4) is 0 Å². The van der Waals surface area contributed by atoms with Crippen molar-refractivity contribution in [1.29, 1.82) is 0 Å². The Balaban J connectivity index is 2.06. The topological polar surface area (TPSA) is 67.2 Å². The van der Waals surface area contributed by atoms with Crippen LogP contribution in [-0.4, -0.2) is 20.8 Å². The van der Waals surface area contributed by atoms with Crippen molar-refractivity contribution in [3.8, 4) is 0 Å². The Bertz CT molecular complexity index is 603. The molecule has 1 amide bonds. The fourth-order valence-electron chi connectivity index (χ4n) is 2.13. The van der Waals surface area contributed by atoms with Gasteiger partial charge < -0.3 is 10.4 Å². The number of hydrogen-bond acceptors (Lipinski definition) is 3. The zero-order chi connectivity index (χ0) is 14.8. The molecule has 0 saturated carbocycles. The lowest BCUT2D eigenvalue weighted by Gasteiger charge is -2.23. The molecule has 0 radical (unpaired) electrons. The minimum atomic E-state index is -1.20. The lowest BCUT2D eigenvalue weighted by atomic mass is 9.92. The monoisotopic (exact) mass is 273 g/mol. The number of nitrogens with one attached hydrogen (secondary N) is 1. The van der Waals surface area contributed by atoms with Gasteiger partial charge in [-0.25, -0.2) is 0 Å². The van der Waals surface area contributed by atoms with Gasteiger partial charge in [-0.1, -0.05) is 30.3 Å². The molecule has 5 nitrogen and oxygen atoms in total. The van der Waals surface area contributed by atoms with E-state index in [1.165, 1.54) is 0 Å². The van der Waals surface area contributed by atoms with Crippen LogP contribution in [0, 0.1) is 6.92 Å². The molecule has 0 fully saturated rings. The van der Waals surface area contributed by atoms with Gasteiger partial charge in [-0.15, -0.1) is 0 Å². The first-order chi connectivity index (χ1) is 9.38. The number of aliphatic hydroxyl groups is 1. The first kappa shape index (κ1) is 14.3. The maximum atomic E-state index is 12.1. The molecule has 1 unspecified atom stereocenters. The SMILES string of the molecule is Cc1cc(NC(=O)CC(C)(O)c2ccccc2)n(C)n1. The minimum absolute atomic E-state index is 0.0127. The van der Waals surface area contributed by atoms with E-state index in [2.05, 4.69) is 10.4 Å². The normalized spacial score (nSPS) is 13.8. The van der Waals surface area contributed by atoms with E-state index >= 15 is 0 Å². The third-order valence-corrected chi connectivity index (χ3v) is 3.17. The molecule has 5 heteroatoms. The first-order valence-corrected chi connectivity index (χ1v) is 6.47. The molecule has 2 aromatic rings. The van der Waals surface area contributed by atoms with E-state index in [-0.39, 0.29) is 12.3 Å². The second-order valence-corrected chi connectivity index (χ2v) is 5.16. The fourth-order valence-corrected chi connectivity index (χ4v) is 2.13. The number of aromatic nitrogens is 2. The third-order valence-electron chi connectivity index (χ3n) is 3.17. The summed E-state index contributed by atoms with van der Waals surface area (Å²) in [4.78, 5) is 12.1. The number of carbonyl (C=O) groups is 1. The van der Waals surface area contributed by atoms with Crippen molar-refractivity contribution in [2.45, 2.75) is 25.9 Å². The number of carbonyl (C=O) groups excluding carboxylic acids is 1. The molecule has 1 atom stereocenters. The zero-order valence-corrected chi connectivity index (χ0v) is 11.9. The summed E-state index contributed by atoms with van der Waals surface area (Å²) in [5.74, 6) is 0.373. The highest BCUT2D eigenvalue weighted by Gasteiger charge is 2.26. The minimum Gasteiger partial charge on any atom is -0.385 e. The van der Waals surface area contributed by atoms with Gasteiger partial charge in [-0.3, -0.25) is 9.48 Å². The standard InChI is InChI=1S/C15H19N3O2/c1-11-9-13(18(3)17-11)16-14(19)10-15(2,20)12-7-5-4-6-8-12/h4-9,20H,10H2,1-3H3,(H,16,19). The molecule has 1 heterocycles. The molecule has 1 aromatic heterocycles. The summed E-state index contributed by atoms with van der Waals surface area (Å²) in [6, 6.07) is 11.0.